The summed E-state index contributed by atoms with van der Waals surface area (Å²) in [6.07, 6.45) is 4.40. The molecule has 6 heteroatoms. The highest BCUT2D eigenvalue weighted by molar-refractivity contribution is 7.19. The van der Waals surface area contributed by atoms with Crippen LogP contribution in [0.3, 0.4) is 0 Å². The van der Waals surface area contributed by atoms with Crippen molar-refractivity contribution < 1.29 is 4.79 Å². The number of rotatable bonds is 5. The van der Waals surface area contributed by atoms with Crippen LogP contribution >= 0.6 is 11.3 Å². The van der Waals surface area contributed by atoms with Crippen LogP contribution in [-0.4, -0.2) is 29.0 Å². The average Bonchev–Trinajstić information content (AvgIpc) is 3.02. The number of fused-ring (bicyclic) bond motifs is 3. The minimum Gasteiger partial charge on any atom is -0.360 e. The maximum Gasteiger partial charge on any atom is 0.239 e. The molecule has 0 aromatic carbocycles. The molecule has 0 bridgehead atoms. The van der Waals surface area contributed by atoms with Crippen molar-refractivity contribution in [2.75, 3.05) is 18.4 Å². The van der Waals surface area contributed by atoms with E-state index in [0.717, 1.165) is 41.1 Å². The standard InChI is InChI=1S/C15H20N4OS/c1-3-7-16-12(20)8-17-14-13-10-5-4-6-11(10)21-15(13)19-9(2)18-14/h3-8H2,1-2H3,(H,16,20)(H,17,18,19). The van der Waals surface area contributed by atoms with Gasteiger partial charge in [0.15, 0.2) is 0 Å². The van der Waals surface area contributed by atoms with Crippen molar-refractivity contribution in [3.63, 3.8) is 0 Å². The van der Waals surface area contributed by atoms with Gasteiger partial charge in [0.2, 0.25) is 5.91 Å². The number of nitrogens with zero attached hydrogens (tertiary/aromatic N) is 2. The van der Waals surface area contributed by atoms with Gasteiger partial charge in [-0.15, -0.1) is 11.3 Å². The molecule has 1 aliphatic rings. The second-order valence-corrected chi connectivity index (χ2v) is 6.44. The Bertz CT molecular complexity index is 680. The zero-order valence-electron chi connectivity index (χ0n) is 12.5. The van der Waals surface area contributed by atoms with Gasteiger partial charge in [-0.3, -0.25) is 4.79 Å². The summed E-state index contributed by atoms with van der Waals surface area (Å²) in [5.74, 6) is 1.57. The first-order valence-electron chi connectivity index (χ1n) is 7.48. The van der Waals surface area contributed by atoms with Crippen LogP contribution in [0.4, 0.5) is 5.82 Å². The van der Waals surface area contributed by atoms with Crippen molar-refractivity contribution in [2.24, 2.45) is 0 Å². The zero-order valence-corrected chi connectivity index (χ0v) is 13.3. The molecule has 5 nitrogen and oxygen atoms in total. The van der Waals surface area contributed by atoms with E-state index in [1.807, 2.05) is 13.8 Å². The van der Waals surface area contributed by atoms with E-state index in [4.69, 9.17) is 0 Å². The summed E-state index contributed by atoms with van der Waals surface area (Å²) in [7, 11) is 0. The van der Waals surface area contributed by atoms with E-state index < -0.39 is 0 Å². The zero-order chi connectivity index (χ0) is 14.8. The summed E-state index contributed by atoms with van der Waals surface area (Å²) < 4.78 is 0. The van der Waals surface area contributed by atoms with Gasteiger partial charge in [0.25, 0.3) is 0 Å². The molecule has 2 N–H and O–H groups in total. The minimum atomic E-state index is 0.00754. The average molecular weight is 304 g/mol. The smallest absolute Gasteiger partial charge is 0.239 e. The van der Waals surface area contributed by atoms with E-state index in [-0.39, 0.29) is 12.5 Å². The second kappa shape index (κ2) is 5.97. The second-order valence-electron chi connectivity index (χ2n) is 5.36. The van der Waals surface area contributed by atoms with Gasteiger partial charge in [-0.05, 0) is 38.2 Å². The lowest BCUT2D eigenvalue weighted by Crippen LogP contribution is -2.30. The largest absolute Gasteiger partial charge is 0.360 e. The van der Waals surface area contributed by atoms with Gasteiger partial charge in [-0.1, -0.05) is 6.92 Å². The normalized spacial score (nSPS) is 13.4. The summed E-state index contributed by atoms with van der Waals surface area (Å²) in [5, 5.41) is 7.19. The van der Waals surface area contributed by atoms with Crippen molar-refractivity contribution >= 4 is 33.3 Å². The van der Waals surface area contributed by atoms with E-state index >= 15 is 0 Å². The van der Waals surface area contributed by atoms with Crippen LogP contribution in [0, 0.1) is 6.92 Å². The third-order valence-electron chi connectivity index (χ3n) is 3.67. The molecule has 3 rings (SSSR count). The van der Waals surface area contributed by atoms with Crippen molar-refractivity contribution in [1.29, 1.82) is 0 Å². The van der Waals surface area contributed by atoms with Crippen LogP contribution in [-0.2, 0) is 17.6 Å². The van der Waals surface area contributed by atoms with Gasteiger partial charge in [0, 0.05) is 11.4 Å². The highest BCUT2D eigenvalue weighted by Gasteiger charge is 2.21. The molecule has 0 radical (unpaired) electrons. The fraction of sp³-hybridized carbons (Fsp3) is 0.533. The van der Waals surface area contributed by atoms with Gasteiger partial charge >= 0.3 is 0 Å². The molecule has 0 saturated heterocycles. The van der Waals surface area contributed by atoms with E-state index in [9.17, 15) is 4.79 Å². The first kappa shape index (κ1) is 14.3. The molecule has 2 aromatic rings. The molecule has 1 aliphatic carbocycles. The lowest BCUT2D eigenvalue weighted by Gasteiger charge is -2.09. The van der Waals surface area contributed by atoms with Crippen LogP contribution in [0.15, 0.2) is 0 Å². The number of thiophene rings is 1. The summed E-state index contributed by atoms with van der Waals surface area (Å²) >= 11 is 1.77. The number of carbonyl (C=O) groups is 1. The summed E-state index contributed by atoms with van der Waals surface area (Å²) in [4.78, 5) is 23.3. The SMILES string of the molecule is CCCNC(=O)CNc1nc(C)nc2sc3c(c12)CCC3. The molecule has 0 saturated carbocycles. The van der Waals surface area contributed by atoms with Gasteiger partial charge in [-0.25, -0.2) is 9.97 Å². The van der Waals surface area contributed by atoms with E-state index in [2.05, 4.69) is 20.6 Å². The number of anilines is 1. The van der Waals surface area contributed by atoms with E-state index in [1.165, 1.54) is 16.9 Å². The third-order valence-corrected chi connectivity index (χ3v) is 4.85. The number of aromatic nitrogens is 2. The predicted octanol–water partition coefficient (Wildman–Crippen LogP) is 2.43. The monoisotopic (exact) mass is 304 g/mol. The van der Waals surface area contributed by atoms with E-state index in [0.29, 0.717) is 6.54 Å². The Morgan fingerprint density at radius 3 is 3.00 bits per heavy atom. The first-order valence-corrected chi connectivity index (χ1v) is 8.30. The Morgan fingerprint density at radius 1 is 1.33 bits per heavy atom. The minimum absolute atomic E-state index is 0.00754. The summed E-state index contributed by atoms with van der Waals surface area (Å²) in [6, 6.07) is 0. The maximum absolute atomic E-state index is 11.8. The molecule has 1 amide bonds. The lowest BCUT2D eigenvalue weighted by molar-refractivity contribution is -0.119. The molecular weight excluding hydrogens is 284 g/mol. The summed E-state index contributed by atoms with van der Waals surface area (Å²) in [5.41, 5.74) is 1.38. The topological polar surface area (TPSA) is 66.9 Å². The van der Waals surface area contributed by atoms with Crippen LogP contribution in [0.2, 0.25) is 0 Å². The van der Waals surface area contributed by atoms with Crippen molar-refractivity contribution in [3.05, 3.63) is 16.3 Å². The number of amides is 1. The number of nitrogens with one attached hydrogen (secondary N) is 2. The molecule has 2 heterocycles. The lowest BCUT2D eigenvalue weighted by atomic mass is 10.2. The van der Waals surface area contributed by atoms with Crippen LogP contribution < -0.4 is 10.6 Å². The molecule has 21 heavy (non-hydrogen) atoms. The third kappa shape index (κ3) is 2.85. The Kier molecular flexibility index (Phi) is 4.05. The fourth-order valence-corrected chi connectivity index (χ4v) is 4.03. The van der Waals surface area contributed by atoms with Gasteiger partial charge in [0.05, 0.1) is 11.9 Å². The predicted molar refractivity (Wildman–Crippen MR) is 86.0 cm³/mol. The van der Waals surface area contributed by atoms with Gasteiger partial charge in [-0.2, -0.15) is 0 Å². The van der Waals surface area contributed by atoms with Crippen molar-refractivity contribution in [3.8, 4) is 0 Å². The Morgan fingerprint density at radius 2 is 2.19 bits per heavy atom. The Hall–Kier alpha value is -1.69. The first-order chi connectivity index (χ1) is 10.2. The van der Waals surface area contributed by atoms with Gasteiger partial charge < -0.3 is 10.6 Å². The van der Waals surface area contributed by atoms with Crippen LogP contribution in [0.25, 0.3) is 10.2 Å². The van der Waals surface area contributed by atoms with Crippen LogP contribution in [0.1, 0.15) is 36.0 Å². The quantitative estimate of drug-likeness (QED) is 0.890. The Labute approximate surface area is 128 Å². The highest BCUT2D eigenvalue weighted by atomic mass is 32.1. The molecule has 0 fully saturated rings. The highest BCUT2D eigenvalue weighted by Crippen LogP contribution is 2.39. The molecule has 2 aromatic heterocycles. The van der Waals surface area contributed by atoms with Crippen molar-refractivity contribution in [2.45, 2.75) is 39.5 Å². The number of aryl methyl sites for hydroxylation is 3. The molecule has 0 spiro atoms. The number of carbonyl (C=O) groups excluding carboxylic acids is 1. The maximum atomic E-state index is 11.8. The fourth-order valence-electron chi connectivity index (χ4n) is 2.72. The van der Waals surface area contributed by atoms with Gasteiger partial charge in [0.1, 0.15) is 16.5 Å². The molecule has 0 aliphatic heterocycles. The van der Waals surface area contributed by atoms with E-state index in [1.54, 1.807) is 11.3 Å². The summed E-state index contributed by atoms with van der Waals surface area (Å²) in [6.45, 7) is 4.91. The van der Waals surface area contributed by atoms with Crippen LogP contribution in [0.5, 0.6) is 0 Å². The number of hydrogen-bond donors (Lipinski definition) is 2. The molecule has 112 valence electrons. The Balaban J connectivity index is 1.85. The number of hydrogen-bond acceptors (Lipinski definition) is 5. The molecule has 0 unspecified atom stereocenters. The molecule has 0 atom stereocenters. The van der Waals surface area contributed by atoms with Crippen molar-refractivity contribution in [1.82, 2.24) is 15.3 Å². The molecular formula is C15H20N4OS.